The fourth-order valence-electron chi connectivity index (χ4n) is 1.24. The van der Waals surface area contributed by atoms with Crippen molar-refractivity contribution in [2.45, 2.75) is 6.54 Å². The maximum Gasteiger partial charge on any atom is 0.328 e. The summed E-state index contributed by atoms with van der Waals surface area (Å²) in [6.07, 6.45) is 2.75. The largest absolute Gasteiger partial charge is 0.454 e. The number of rotatable bonds is 5. The Labute approximate surface area is 117 Å². The molecule has 0 saturated heterocycles. The number of ether oxygens (including phenoxy) is 1. The zero-order valence-corrected chi connectivity index (χ0v) is 10.8. The number of anilines is 1. The van der Waals surface area contributed by atoms with E-state index in [1.807, 2.05) is 0 Å². The number of halogens is 1. The summed E-state index contributed by atoms with van der Waals surface area (Å²) in [5, 5.41) is 12.8. The summed E-state index contributed by atoms with van der Waals surface area (Å²) in [5.41, 5.74) is 0.343. The van der Waals surface area contributed by atoms with Crippen molar-refractivity contribution in [3.8, 4) is 0 Å². The van der Waals surface area contributed by atoms with E-state index in [9.17, 15) is 9.59 Å². The summed E-state index contributed by atoms with van der Waals surface area (Å²) in [6.45, 7) is -0.611. The van der Waals surface area contributed by atoms with E-state index in [1.54, 1.807) is 12.1 Å². The summed E-state index contributed by atoms with van der Waals surface area (Å²) in [5.74, 6) is -1.16. The number of carbonyl (C=O) groups is 2. The number of carbonyl (C=O) groups excluding carboxylic acids is 2. The van der Waals surface area contributed by atoms with Crippen molar-refractivity contribution in [2.24, 2.45) is 0 Å². The molecule has 0 aliphatic carbocycles. The van der Waals surface area contributed by atoms with Crippen molar-refractivity contribution >= 4 is 29.2 Å². The lowest BCUT2D eigenvalue weighted by Gasteiger charge is -2.07. The number of amides is 1. The Morgan fingerprint density at radius 2 is 2.30 bits per heavy atom. The fraction of sp³-hybridized carbons (Fsp3) is 0.200. The van der Waals surface area contributed by atoms with Gasteiger partial charge in [0.05, 0.1) is 5.69 Å². The second-order valence-electron chi connectivity index (χ2n) is 3.56. The molecular weight excluding hydrogens is 288 g/mol. The van der Waals surface area contributed by atoms with Crippen molar-refractivity contribution in [3.63, 3.8) is 0 Å². The Morgan fingerprint density at radius 1 is 1.45 bits per heavy atom. The maximum absolute atomic E-state index is 11.5. The predicted octanol–water partition coefficient (Wildman–Crippen LogP) is -0.0966. The molecule has 0 unspecified atom stereocenters. The van der Waals surface area contributed by atoms with E-state index < -0.39 is 18.5 Å². The van der Waals surface area contributed by atoms with Gasteiger partial charge in [0.1, 0.15) is 12.9 Å². The quantitative estimate of drug-likeness (QED) is 0.606. The molecule has 0 atom stereocenters. The first-order chi connectivity index (χ1) is 9.65. The number of pyridine rings is 1. The third-order valence-electron chi connectivity index (χ3n) is 2.08. The second kappa shape index (κ2) is 6.57. The van der Waals surface area contributed by atoms with Gasteiger partial charge >= 0.3 is 5.97 Å². The van der Waals surface area contributed by atoms with Crippen LogP contribution in [0.1, 0.15) is 0 Å². The van der Waals surface area contributed by atoms with Crippen LogP contribution in [0.3, 0.4) is 0 Å². The molecule has 104 valence electrons. The van der Waals surface area contributed by atoms with Gasteiger partial charge in [0, 0.05) is 6.20 Å². The number of tetrazole rings is 1. The van der Waals surface area contributed by atoms with Gasteiger partial charge in [-0.2, -0.15) is 0 Å². The van der Waals surface area contributed by atoms with Gasteiger partial charge in [-0.1, -0.05) is 11.6 Å². The lowest BCUT2D eigenvalue weighted by Crippen LogP contribution is -2.23. The number of nitrogens with zero attached hydrogens (tertiary/aromatic N) is 5. The molecule has 2 heterocycles. The second-order valence-corrected chi connectivity index (χ2v) is 3.92. The van der Waals surface area contributed by atoms with Crippen molar-refractivity contribution in [1.29, 1.82) is 0 Å². The number of nitrogens with one attached hydrogen (secondary N) is 1. The first kappa shape index (κ1) is 13.9. The van der Waals surface area contributed by atoms with Crippen molar-refractivity contribution in [1.82, 2.24) is 25.2 Å². The maximum atomic E-state index is 11.5. The molecule has 0 aliphatic heterocycles. The average molecular weight is 297 g/mol. The fourth-order valence-corrected chi connectivity index (χ4v) is 1.41. The van der Waals surface area contributed by atoms with Gasteiger partial charge < -0.3 is 10.1 Å². The van der Waals surface area contributed by atoms with Gasteiger partial charge in [-0.05, 0) is 22.6 Å². The molecule has 0 saturated carbocycles. The lowest BCUT2D eigenvalue weighted by atomic mass is 10.4. The number of hydrogen-bond acceptors (Lipinski definition) is 7. The molecule has 1 N–H and O–H groups in total. The highest BCUT2D eigenvalue weighted by atomic mass is 35.5. The molecule has 0 fully saturated rings. The van der Waals surface area contributed by atoms with Crippen LogP contribution in [0.15, 0.2) is 24.7 Å². The summed E-state index contributed by atoms with van der Waals surface area (Å²) in [6, 6.07) is 3.20. The van der Waals surface area contributed by atoms with E-state index in [0.29, 0.717) is 5.69 Å². The topological polar surface area (TPSA) is 112 Å². The summed E-state index contributed by atoms with van der Waals surface area (Å²) in [7, 11) is 0. The van der Waals surface area contributed by atoms with Crippen LogP contribution in [0.25, 0.3) is 0 Å². The van der Waals surface area contributed by atoms with Gasteiger partial charge in [0.2, 0.25) is 0 Å². The highest BCUT2D eigenvalue weighted by molar-refractivity contribution is 6.32. The summed E-state index contributed by atoms with van der Waals surface area (Å²) >= 11 is 5.77. The molecule has 9 nitrogen and oxygen atoms in total. The van der Waals surface area contributed by atoms with Crippen LogP contribution in [-0.2, 0) is 20.9 Å². The Bertz CT molecular complexity index is 603. The van der Waals surface area contributed by atoms with Gasteiger partial charge in [-0.25, -0.2) is 9.67 Å². The van der Waals surface area contributed by atoms with Gasteiger partial charge in [-0.3, -0.25) is 9.59 Å². The minimum Gasteiger partial charge on any atom is -0.454 e. The molecule has 0 spiro atoms. The van der Waals surface area contributed by atoms with E-state index in [4.69, 9.17) is 16.3 Å². The number of esters is 1. The normalized spacial score (nSPS) is 10.1. The molecule has 2 aromatic rings. The van der Waals surface area contributed by atoms with Crippen LogP contribution in [0.2, 0.25) is 5.15 Å². The Balaban J connectivity index is 1.78. The Kier molecular flexibility index (Phi) is 4.56. The third kappa shape index (κ3) is 3.99. The summed E-state index contributed by atoms with van der Waals surface area (Å²) < 4.78 is 5.94. The predicted molar refractivity (Wildman–Crippen MR) is 66.7 cm³/mol. The monoisotopic (exact) mass is 296 g/mol. The molecule has 2 aromatic heterocycles. The van der Waals surface area contributed by atoms with Gasteiger partial charge in [0.15, 0.2) is 11.8 Å². The van der Waals surface area contributed by atoms with Crippen molar-refractivity contribution in [2.75, 3.05) is 11.9 Å². The minimum absolute atomic E-state index is 0.154. The van der Waals surface area contributed by atoms with Crippen LogP contribution in [-0.4, -0.2) is 43.7 Å². The first-order valence-corrected chi connectivity index (χ1v) is 5.79. The van der Waals surface area contributed by atoms with E-state index >= 15 is 0 Å². The molecule has 0 bridgehead atoms. The molecule has 1 amide bonds. The molecule has 10 heteroatoms. The summed E-state index contributed by atoms with van der Waals surface area (Å²) in [4.78, 5) is 26.7. The standard InChI is InChI=1S/C10H9ClN6O3/c11-10-7(2-1-3-12-10)14-8(18)5-20-9(19)4-17-6-13-15-16-17/h1-3,6H,4-5H2,(H,14,18). The molecular formula is C10H9ClN6O3. The number of aromatic nitrogens is 5. The molecule has 0 aromatic carbocycles. The van der Waals surface area contributed by atoms with Gasteiger partial charge in [0.25, 0.3) is 5.91 Å². The van der Waals surface area contributed by atoms with E-state index in [0.717, 1.165) is 0 Å². The van der Waals surface area contributed by atoms with Crippen molar-refractivity contribution < 1.29 is 14.3 Å². The van der Waals surface area contributed by atoms with E-state index in [1.165, 1.54) is 17.2 Å². The molecule has 0 aliphatic rings. The van der Waals surface area contributed by atoms with Crippen LogP contribution in [0, 0.1) is 0 Å². The lowest BCUT2D eigenvalue weighted by molar-refractivity contribution is -0.148. The van der Waals surface area contributed by atoms with Crippen LogP contribution in [0.5, 0.6) is 0 Å². The zero-order chi connectivity index (χ0) is 14.4. The Hall–Kier alpha value is -2.55. The van der Waals surface area contributed by atoms with Gasteiger partial charge in [-0.15, -0.1) is 5.10 Å². The minimum atomic E-state index is -0.635. The van der Waals surface area contributed by atoms with Crippen LogP contribution < -0.4 is 5.32 Å². The Morgan fingerprint density at radius 3 is 3.00 bits per heavy atom. The third-order valence-corrected chi connectivity index (χ3v) is 2.38. The van der Waals surface area contributed by atoms with E-state index in [2.05, 4.69) is 25.8 Å². The number of hydrogen-bond donors (Lipinski definition) is 1. The molecule has 20 heavy (non-hydrogen) atoms. The average Bonchev–Trinajstić information content (AvgIpc) is 2.92. The SMILES string of the molecule is O=C(COC(=O)Cn1cnnn1)Nc1cccnc1Cl. The van der Waals surface area contributed by atoms with Crippen LogP contribution >= 0.6 is 11.6 Å². The molecule has 0 radical (unpaired) electrons. The zero-order valence-electron chi connectivity index (χ0n) is 10.1. The smallest absolute Gasteiger partial charge is 0.328 e. The van der Waals surface area contributed by atoms with Crippen LogP contribution in [0.4, 0.5) is 5.69 Å². The highest BCUT2D eigenvalue weighted by Crippen LogP contribution is 2.16. The molecule has 2 rings (SSSR count). The van der Waals surface area contributed by atoms with Crippen molar-refractivity contribution in [3.05, 3.63) is 29.8 Å². The first-order valence-electron chi connectivity index (χ1n) is 5.42. The van der Waals surface area contributed by atoms with E-state index in [-0.39, 0.29) is 11.7 Å². The highest BCUT2D eigenvalue weighted by Gasteiger charge is 2.10.